The van der Waals surface area contributed by atoms with E-state index in [4.69, 9.17) is 11.4 Å². The Bertz CT molecular complexity index is 1670. The number of nitrogens with zero attached hydrogens (tertiary/aromatic N) is 3. The number of allylic oxidation sites excluding steroid dienone is 4. The molecule has 2 aliphatic rings. The minimum Gasteiger partial charge on any atom is -0.357 e. The second-order valence-electron chi connectivity index (χ2n) is 11.9. The average molecular weight is 567 g/mol. The molecule has 0 aliphatic heterocycles. The van der Waals surface area contributed by atoms with Gasteiger partial charge in [-0.3, -0.25) is 4.79 Å². The van der Waals surface area contributed by atoms with Crippen LogP contribution in [0.15, 0.2) is 97.5 Å². The molecule has 2 aromatic carbocycles. The number of rotatable bonds is 9. The fourth-order valence-electron chi connectivity index (χ4n) is 6.56. The predicted octanol–water partition coefficient (Wildman–Crippen LogP) is 7.26. The van der Waals surface area contributed by atoms with Gasteiger partial charge in [-0.25, -0.2) is 9.97 Å². The summed E-state index contributed by atoms with van der Waals surface area (Å²) in [5.41, 5.74) is 7.34. The van der Waals surface area contributed by atoms with Crippen LogP contribution in [-0.4, -0.2) is 20.4 Å². The minimum atomic E-state index is -0.186. The van der Waals surface area contributed by atoms with Crippen LogP contribution in [0.5, 0.6) is 0 Å². The molecule has 1 amide bonds. The van der Waals surface area contributed by atoms with Gasteiger partial charge in [0.25, 0.3) is 0 Å². The van der Waals surface area contributed by atoms with E-state index in [2.05, 4.69) is 93.9 Å². The van der Waals surface area contributed by atoms with E-state index < -0.39 is 0 Å². The smallest absolute Gasteiger partial charge is 0.228 e. The Hall–Kier alpha value is -4.69. The monoisotopic (exact) mass is 566 g/mol. The lowest BCUT2D eigenvalue weighted by atomic mass is 9.72. The minimum absolute atomic E-state index is 0.107. The zero-order valence-electron chi connectivity index (χ0n) is 24.7. The highest BCUT2D eigenvalue weighted by Gasteiger charge is 2.33. The zero-order chi connectivity index (χ0) is 29.6. The number of benzene rings is 2. The van der Waals surface area contributed by atoms with Crippen molar-refractivity contribution in [3.8, 4) is 23.5 Å². The Balaban J connectivity index is 1.16. The number of aryl methyl sites for hydroxylation is 1. The van der Waals surface area contributed by atoms with Crippen LogP contribution >= 0.6 is 0 Å². The SMILES string of the molecule is C#Cc1cnc(C[C@H]2CC[C@H](C(C(=O)NCc3ccccc3)c3ccc(-c4ccn(C)c4)cc3)CC2)nc1C1=CC=CC1. The number of carbonyl (C=O) groups excluding carboxylic acids is 1. The lowest BCUT2D eigenvalue weighted by Crippen LogP contribution is -2.35. The first-order chi connectivity index (χ1) is 21.1. The molecule has 4 aromatic rings. The van der Waals surface area contributed by atoms with Gasteiger partial charge in [-0.2, -0.15) is 0 Å². The summed E-state index contributed by atoms with van der Waals surface area (Å²) in [5, 5.41) is 3.25. The maximum Gasteiger partial charge on any atom is 0.228 e. The second-order valence-corrected chi connectivity index (χ2v) is 11.9. The Morgan fingerprint density at radius 3 is 2.51 bits per heavy atom. The first-order valence-electron chi connectivity index (χ1n) is 15.3. The van der Waals surface area contributed by atoms with E-state index in [0.29, 0.717) is 12.5 Å². The van der Waals surface area contributed by atoms with Gasteiger partial charge in [0.2, 0.25) is 5.91 Å². The van der Waals surface area contributed by atoms with Crippen LogP contribution in [0, 0.1) is 24.2 Å². The third kappa shape index (κ3) is 6.70. The molecule has 0 radical (unpaired) electrons. The van der Waals surface area contributed by atoms with E-state index in [9.17, 15) is 4.79 Å². The Labute approximate surface area is 254 Å². The van der Waals surface area contributed by atoms with Gasteiger partial charge in [0.05, 0.1) is 17.2 Å². The lowest BCUT2D eigenvalue weighted by Gasteiger charge is -2.33. The molecule has 5 nitrogen and oxygen atoms in total. The molecule has 0 saturated heterocycles. The summed E-state index contributed by atoms with van der Waals surface area (Å²) in [7, 11) is 2.03. The summed E-state index contributed by atoms with van der Waals surface area (Å²) in [4.78, 5) is 23.3. The second kappa shape index (κ2) is 13.1. The predicted molar refractivity (Wildman–Crippen MR) is 173 cm³/mol. The topological polar surface area (TPSA) is 59.8 Å². The number of nitrogens with one attached hydrogen (secondary N) is 1. The van der Waals surface area contributed by atoms with E-state index in [0.717, 1.165) is 77.9 Å². The molecule has 43 heavy (non-hydrogen) atoms. The zero-order valence-corrected chi connectivity index (χ0v) is 24.7. The highest BCUT2D eigenvalue weighted by Crippen LogP contribution is 2.40. The maximum absolute atomic E-state index is 13.8. The van der Waals surface area contributed by atoms with Crippen LogP contribution in [0.25, 0.3) is 16.7 Å². The first-order valence-corrected chi connectivity index (χ1v) is 15.3. The van der Waals surface area contributed by atoms with Crippen LogP contribution in [0.3, 0.4) is 0 Å². The van der Waals surface area contributed by atoms with Crippen molar-refractivity contribution in [1.82, 2.24) is 19.9 Å². The molecule has 216 valence electrons. The summed E-state index contributed by atoms with van der Waals surface area (Å²) >= 11 is 0. The molecule has 1 N–H and O–H groups in total. The Morgan fingerprint density at radius 1 is 1.05 bits per heavy atom. The summed E-state index contributed by atoms with van der Waals surface area (Å²) in [6.07, 6.45) is 23.8. The van der Waals surface area contributed by atoms with Crippen LogP contribution in [0.4, 0.5) is 0 Å². The van der Waals surface area contributed by atoms with E-state index in [1.807, 2.05) is 25.2 Å². The highest BCUT2D eigenvalue weighted by molar-refractivity contribution is 5.84. The van der Waals surface area contributed by atoms with Crippen molar-refractivity contribution in [1.29, 1.82) is 0 Å². The molecule has 2 heterocycles. The van der Waals surface area contributed by atoms with E-state index in [-0.39, 0.29) is 17.7 Å². The average Bonchev–Trinajstić information content (AvgIpc) is 3.74. The van der Waals surface area contributed by atoms with Crippen molar-refractivity contribution < 1.29 is 4.79 Å². The van der Waals surface area contributed by atoms with Gasteiger partial charge in [0.15, 0.2) is 0 Å². The van der Waals surface area contributed by atoms with Gasteiger partial charge in [0, 0.05) is 38.6 Å². The summed E-state index contributed by atoms with van der Waals surface area (Å²) < 4.78 is 2.06. The van der Waals surface area contributed by atoms with E-state index in [1.54, 1.807) is 6.20 Å². The molecule has 2 aliphatic carbocycles. The number of amides is 1. The van der Waals surface area contributed by atoms with Gasteiger partial charge in [-0.1, -0.05) is 78.7 Å². The lowest BCUT2D eigenvalue weighted by molar-refractivity contribution is -0.124. The van der Waals surface area contributed by atoms with Crippen molar-refractivity contribution in [3.05, 3.63) is 126 Å². The van der Waals surface area contributed by atoms with E-state index in [1.165, 1.54) is 5.56 Å². The standard InChI is InChI=1S/C38H38N4O/c1-3-29-25-39-35(41-37(29)33-11-7-8-12-33)23-27-13-15-31(16-14-27)36(38(43)40-24-28-9-5-4-6-10-28)32-19-17-30(18-20-32)34-21-22-42(2)26-34/h1,4-11,17-22,25-27,31,36H,12-16,23-24H2,2H3,(H,40,43)/t27-,31-,36?. The number of carbonyl (C=O) groups is 1. The molecule has 1 unspecified atom stereocenters. The van der Waals surface area contributed by atoms with Crippen LogP contribution in [0.1, 0.15) is 66.2 Å². The molecule has 0 bridgehead atoms. The third-order valence-electron chi connectivity index (χ3n) is 8.93. The van der Waals surface area contributed by atoms with Gasteiger partial charge >= 0.3 is 0 Å². The number of hydrogen-bond donors (Lipinski definition) is 1. The van der Waals surface area contributed by atoms with Crippen LogP contribution < -0.4 is 5.32 Å². The fraction of sp³-hybridized carbons (Fsp3) is 0.289. The molecule has 0 spiro atoms. The number of terminal acetylenes is 1. The third-order valence-corrected chi connectivity index (χ3v) is 8.93. The van der Waals surface area contributed by atoms with Crippen LogP contribution in [-0.2, 0) is 24.8 Å². The van der Waals surface area contributed by atoms with Crippen molar-refractivity contribution in [2.45, 2.75) is 51.0 Å². The molecule has 2 aromatic heterocycles. The van der Waals surface area contributed by atoms with E-state index >= 15 is 0 Å². The summed E-state index contributed by atoms with van der Waals surface area (Å²) in [6, 6.07) is 20.8. The van der Waals surface area contributed by atoms with Crippen molar-refractivity contribution >= 4 is 11.5 Å². The maximum atomic E-state index is 13.8. The normalized spacial score (nSPS) is 18.6. The van der Waals surface area contributed by atoms with Gasteiger partial charge in [-0.05, 0) is 77.8 Å². The molecule has 1 saturated carbocycles. The van der Waals surface area contributed by atoms with Crippen molar-refractivity contribution in [2.75, 3.05) is 0 Å². The summed E-state index contributed by atoms with van der Waals surface area (Å²) in [6.45, 7) is 0.535. The van der Waals surface area contributed by atoms with Crippen molar-refractivity contribution in [3.63, 3.8) is 0 Å². The molecule has 6 rings (SSSR count). The van der Waals surface area contributed by atoms with Gasteiger partial charge < -0.3 is 9.88 Å². The quantitative estimate of drug-likeness (QED) is 0.217. The molecule has 5 heteroatoms. The molecular formula is C38H38N4O. The molecule has 1 fully saturated rings. The Morgan fingerprint density at radius 2 is 1.84 bits per heavy atom. The fourth-order valence-corrected chi connectivity index (χ4v) is 6.56. The first kappa shape index (κ1) is 28.4. The van der Waals surface area contributed by atoms with Gasteiger partial charge in [0.1, 0.15) is 5.82 Å². The Kier molecular flexibility index (Phi) is 8.65. The molecule has 1 atom stereocenters. The van der Waals surface area contributed by atoms with Crippen molar-refractivity contribution in [2.24, 2.45) is 18.9 Å². The number of hydrogen-bond acceptors (Lipinski definition) is 3. The largest absolute Gasteiger partial charge is 0.357 e. The summed E-state index contributed by atoms with van der Waals surface area (Å²) in [5.74, 6) is 4.30. The van der Waals surface area contributed by atoms with Crippen LogP contribution in [0.2, 0.25) is 0 Å². The highest BCUT2D eigenvalue weighted by atomic mass is 16.1. The molecular weight excluding hydrogens is 528 g/mol. The van der Waals surface area contributed by atoms with Gasteiger partial charge in [-0.15, -0.1) is 6.42 Å². The number of aromatic nitrogens is 3.